The number of hydrogen-bond donors (Lipinski definition) is 0. The maximum atomic E-state index is 13.0. The van der Waals surface area contributed by atoms with Crippen LogP contribution >= 0.6 is 11.8 Å². The van der Waals surface area contributed by atoms with Crippen molar-refractivity contribution in [3.8, 4) is 17.2 Å². The fourth-order valence-corrected chi connectivity index (χ4v) is 4.17. The number of thioether (sulfide) groups is 1. The molecule has 2 heterocycles. The third kappa shape index (κ3) is 5.41. The van der Waals surface area contributed by atoms with E-state index in [0.717, 1.165) is 23.9 Å². The molecule has 7 nitrogen and oxygen atoms in total. The Bertz CT molecular complexity index is 1110. The lowest BCUT2D eigenvalue weighted by Crippen LogP contribution is -2.49. The molecule has 174 valence electrons. The smallest absolute Gasteiger partial charge is 0.416 e. The van der Waals surface area contributed by atoms with Gasteiger partial charge in [-0.3, -0.25) is 4.79 Å². The molecule has 0 unspecified atom stereocenters. The van der Waals surface area contributed by atoms with Crippen molar-refractivity contribution in [1.82, 2.24) is 15.1 Å². The summed E-state index contributed by atoms with van der Waals surface area (Å²) in [5.41, 5.74) is 0.486. The van der Waals surface area contributed by atoms with Crippen LogP contribution in [-0.4, -0.2) is 60.0 Å². The Morgan fingerprint density at radius 3 is 2.58 bits per heavy atom. The van der Waals surface area contributed by atoms with E-state index >= 15 is 0 Å². The lowest BCUT2D eigenvalue weighted by atomic mass is 10.1. The summed E-state index contributed by atoms with van der Waals surface area (Å²) in [6, 6.07) is 12.5. The molecule has 11 heteroatoms. The molecule has 1 aromatic heterocycles. The molecule has 33 heavy (non-hydrogen) atoms. The van der Waals surface area contributed by atoms with E-state index < -0.39 is 11.7 Å². The van der Waals surface area contributed by atoms with Crippen LogP contribution in [0.1, 0.15) is 5.56 Å². The highest BCUT2D eigenvalue weighted by Crippen LogP contribution is 2.32. The van der Waals surface area contributed by atoms with Crippen molar-refractivity contribution in [3.05, 3.63) is 54.1 Å². The number of hydrogen-bond acceptors (Lipinski definition) is 7. The van der Waals surface area contributed by atoms with E-state index in [1.165, 1.54) is 6.07 Å². The first-order valence-electron chi connectivity index (χ1n) is 10.1. The van der Waals surface area contributed by atoms with E-state index in [1.807, 2.05) is 17.0 Å². The molecule has 0 bridgehead atoms. The van der Waals surface area contributed by atoms with Crippen LogP contribution < -0.4 is 9.64 Å². The lowest BCUT2D eigenvalue weighted by Gasteiger charge is -2.36. The second-order valence-corrected chi connectivity index (χ2v) is 8.20. The number of rotatable bonds is 6. The van der Waals surface area contributed by atoms with Crippen molar-refractivity contribution in [1.29, 1.82) is 0 Å². The van der Waals surface area contributed by atoms with Crippen LogP contribution in [-0.2, 0) is 11.0 Å². The Hall–Kier alpha value is -3.21. The molecule has 1 aliphatic heterocycles. The van der Waals surface area contributed by atoms with E-state index in [-0.39, 0.29) is 16.9 Å². The quantitative estimate of drug-likeness (QED) is 0.492. The van der Waals surface area contributed by atoms with Crippen LogP contribution in [0.2, 0.25) is 0 Å². The largest absolute Gasteiger partial charge is 0.496 e. The second-order valence-electron chi connectivity index (χ2n) is 7.28. The summed E-state index contributed by atoms with van der Waals surface area (Å²) in [4.78, 5) is 16.1. The molecule has 1 fully saturated rings. The minimum absolute atomic E-state index is 0.0965. The molecule has 1 aliphatic rings. The zero-order chi connectivity index (χ0) is 23.4. The molecule has 0 aliphatic carbocycles. The van der Waals surface area contributed by atoms with E-state index in [4.69, 9.17) is 9.15 Å². The molecule has 1 saturated heterocycles. The summed E-state index contributed by atoms with van der Waals surface area (Å²) >= 11 is 1.14. The minimum Gasteiger partial charge on any atom is -0.496 e. The van der Waals surface area contributed by atoms with Gasteiger partial charge in [0.1, 0.15) is 5.75 Å². The molecule has 0 N–H and O–H groups in total. The van der Waals surface area contributed by atoms with Gasteiger partial charge in [0.25, 0.3) is 11.1 Å². The number of methoxy groups -OCH3 is 1. The Balaban J connectivity index is 1.30. The predicted molar refractivity (Wildman–Crippen MR) is 117 cm³/mol. The van der Waals surface area contributed by atoms with Gasteiger partial charge in [-0.25, -0.2) is 0 Å². The summed E-state index contributed by atoms with van der Waals surface area (Å²) < 4.78 is 49.8. The van der Waals surface area contributed by atoms with Gasteiger partial charge in [0.2, 0.25) is 5.91 Å². The molecule has 0 saturated carbocycles. The van der Waals surface area contributed by atoms with Crippen LogP contribution in [0.5, 0.6) is 5.75 Å². The van der Waals surface area contributed by atoms with Gasteiger partial charge < -0.3 is 19.0 Å². The lowest BCUT2D eigenvalue weighted by molar-refractivity contribution is -0.137. The molecule has 1 amide bonds. The number of ether oxygens (including phenoxy) is 1. The van der Waals surface area contributed by atoms with E-state index in [0.29, 0.717) is 49.1 Å². The van der Waals surface area contributed by atoms with E-state index in [2.05, 4.69) is 10.2 Å². The zero-order valence-corrected chi connectivity index (χ0v) is 18.5. The first-order valence-corrected chi connectivity index (χ1v) is 11.1. The van der Waals surface area contributed by atoms with Gasteiger partial charge in [-0.05, 0) is 30.3 Å². The molecular formula is C22H21F3N4O3S. The average molecular weight is 478 g/mol. The van der Waals surface area contributed by atoms with Gasteiger partial charge in [-0.1, -0.05) is 30.0 Å². The van der Waals surface area contributed by atoms with Crippen LogP contribution in [0.4, 0.5) is 18.9 Å². The number of piperazine rings is 1. The van der Waals surface area contributed by atoms with Gasteiger partial charge in [0.15, 0.2) is 0 Å². The highest BCUT2D eigenvalue weighted by molar-refractivity contribution is 7.99. The summed E-state index contributed by atoms with van der Waals surface area (Å²) in [6.45, 7) is 1.75. The van der Waals surface area contributed by atoms with Gasteiger partial charge >= 0.3 is 6.18 Å². The molecule has 3 aromatic rings. The minimum atomic E-state index is -4.38. The van der Waals surface area contributed by atoms with Crippen LogP contribution in [0.15, 0.2) is 58.2 Å². The van der Waals surface area contributed by atoms with Gasteiger partial charge in [-0.2, -0.15) is 13.2 Å². The van der Waals surface area contributed by atoms with Crippen molar-refractivity contribution in [3.63, 3.8) is 0 Å². The fourth-order valence-electron chi connectivity index (χ4n) is 3.51. The number of para-hydroxylation sites is 1. The number of amides is 1. The summed E-state index contributed by atoms with van der Waals surface area (Å²) in [6.07, 6.45) is -4.38. The van der Waals surface area contributed by atoms with Gasteiger partial charge in [0, 0.05) is 31.9 Å². The third-order valence-corrected chi connectivity index (χ3v) is 6.04. The number of anilines is 1. The summed E-state index contributed by atoms with van der Waals surface area (Å²) in [5, 5.41) is 8.28. The van der Waals surface area contributed by atoms with Crippen LogP contribution in [0.3, 0.4) is 0 Å². The SMILES string of the molecule is COc1ccccc1-c1nnc(SCC(=O)N2CCN(c3cccc(C(F)(F)F)c3)CC2)o1. The van der Waals surface area contributed by atoms with Crippen molar-refractivity contribution >= 4 is 23.4 Å². The van der Waals surface area contributed by atoms with Crippen molar-refractivity contribution in [2.24, 2.45) is 0 Å². The summed E-state index contributed by atoms with van der Waals surface area (Å²) in [5.74, 6) is 0.933. The number of carbonyl (C=O) groups is 1. The fraction of sp³-hybridized carbons (Fsp3) is 0.318. The number of benzene rings is 2. The Morgan fingerprint density at radius 2 is 1.85 bits per heavy atom. The highest BCUT2D eigenvalue weighted by Gasteiger charge is 2.31. The molecule has 4 rings (SSSR count). The van der Waals surface area contributed by atoms with Crippen molar-refractivity contribution in [2.75, 3.05) is 43.9 Å². The Kier molecular flexibility index (Phi) is 6.77. The topological polar surface area (TPSA) is 71.7 Å². The van der Waals surface area contributed by atoms with E-state index in [9.17, 15) is 18.0 Å². The van der Waals surface area contributed by atoms with Gasteiger partial charge in [-0.15, -0.1) is 10.2 Å². The number of aromatic nitrogens is 2. The normalized spacial score (nSPS) is 14.4. The average Bonchev–Trinajstić information content (AvgIpc) is 3.31. The highest BCUT2D eigenvalue weighted by atomic mass is 32.2. The third-order valence-electron chi connectivity index (χ3n) is 5.23. The van der Waals surface area contributed by atoms with Crippen LogP contribution in [0, 0.1) is 0 Å². The van der Waals surface area contributed by atoms with Crippen molar-refractivity contribution < 1.29 is 27.1 Å². The molecule has 0 atom stereocenters. The number of alkyl halides is 3. The standard InChI is InChI=1S/C22H21F3N4O3S/c1-31-18-8-3-2-7-17(18)20-26-27-21(32-20)33-14-19(30)29-11-9-28(10-12-29)16-6-4-5-15(13-16)22(23,24)25/h2-8,13H,9-12,14H2,1H3. The van der Waals surface area contributed by atoms with E-state index in [1.54, 1.807) is 30.2 Å². The molecular weight excluding hydrogens is 457 g/mol. The zero-order valence-electron chi connectivity index (χ0n) is 17.7. The van der Waals surface area contributed by atoms with Crippen molar-refractivity contribution in [2.45, 2.75) is 11.4 Å². The maximum Gasteiger partial charge on any atom is 0.416 e. The monoisotopic (exact) mass is 478 g/mol. The van der Waals surface area contributed by atoms with Gasteiger partial charge in [0.05, 0.1) is 24.0 Å². The number of carbonyl (C=O) groups excluding carboxylic acids is 1. The maximum absolute atomic E-state index is 13.0. The number of halogens is 3. The second kappa shape index (κ2) is 9.74. The van der Waals surface area contributed by atoms with Crippen LogP contribution in [0.25, 0.3) is 11.5 Å². The first-order chi connectivity index (χ1) is 15.8. The predicted octanol–water partition coefficient (Wildman–Crippen LogP) is 4.20. The molecule has 0 spiro atoms. The first kappa shape index (κ1) is 23.0. The Labute approximate surface area is 192 Å². The molecule has 0 radical (unpaired) electrons. The number of nitrogens with zero attached hydrogens (tertiary/aromatic N) is 4. The molecule has 2 aromatic carbocycles. The summed E-state index contributed by atoms with van der Waals surface area (Å²) in [7, 11) is 1.55. The Morgan fingerprint density at radius 1 is 1.09 bits per heavy atom.